The minimum Gasteiger partial charge on any atom is -0.508 e. The molecule has 1 aromatic carbocycles. The molecule has 0 atom stereocenters. The lowest BCUT2D eigenvalue weighted by Crippen LogP contribution is -2.36. The molecule has 0 saturated heterocycles. The van der Waals surface area contributed by atoms with Gasteiger partial charge in [-0.15, -0.1) is 0 Å². The zero-order valence-corrected chi connectivity index (χ0v) is 14.3. The van der Waals surface area contributed by atoms with Crippen LogP contribution in [-0.4, -0.2) is 36.2 Å². The van der Waals surface area contributed by atoms with Crippen molar-refractivity contribution in [1.82, 2.24) is 5.32 Å². The van der Waals surface area contributed by atoms with Crippen molar-refractivity contribution < 1.29 is 19.3 Å². The van der Waals surface area contributed by atoms with E-state index < -0.39 is 5.60 Å². The Morgan fingerprint density at radius 3 is 2.50 bits per heavy atom. The number of ether oxygens (including phenoxy) is 1. The summed E-state index contributed by atoms with van der Waals surface area (Å²) in [4.78, 5) is 12.0. The van der Waals surface area contributed by atoms with Crippen LogP contribution in [-0.2, 0) is 4.65 Å². The Balaban J connectivity index is 2.87. The minimum atomic E-state index is -0.566. The van der Waals surface area contributed by atoms with Gasteiger partial charge in [-0.05, 0) is 39.8 Å². The van der Waals surface area contributed by atoms with E-state index in [0.717, 1.165) is 0 Å². The first kappa shape index (κ1) is 18.4. The summed E-state index contributed by atoms with van der Waals surface area (Å²) in [5.41, 5.74) is -0.201. The summed E-state index contributed by atoms with van der Waals surface area (Å²) >= 11 is 0. The van der Waals surface area contributed by atoms with Crippen molar-refractivity contribution in [3.8, 4) is 11.5 Å². The normalized spacial score (nSPS) is 11.4. The molecule has 0 aliphatic heterocycles. The molecule has 0 aliphatic carbocycles. The van der Waals surface area contributed by atoms with Crippen molar-refractivity contribution in [3.05, 3.63) is 23.8 Å². The number of amides is 1. The molecule has 0 aliphatic rings. The van der Waals surface area contributed by atoms with Gasteiger partial charge >= 0.3 is 0 Å². The van der Waals surface area contributed by atoms with Crippen LogP contribution in [0.15, 0.2) is 18.2 Å². The maximum Gasteiger partial charge on any atom is 0.287 e. The lowest BCUT2D eigenvalue weighted by Gasteiger charge is -2.27. The maximum atomic E-state index is 12.0. The number of hydrogen-bond donors (Lipinski definition) is 2. The number of benzene rings is 1. The molecule has 0 spiro atoms. The van der Waals surface area contributed by atoms with E-state index in [0.29, 0.717) is 17.9 Å². The Labute approximate surface area is 133 Å². The largest absolute Gasteiger partial charge is 0.508 e. The van der Waals surface area contributed by atoms with Gasteiger partial charge in [-0.25, -0.2) is 0 Å². The highest BCUT2D eigenvalue weighted by Crippen LogP contribution is 2.25. The van der Waals surface area contributed by atoms with Crippen LogP contribution >= 0.6 is 0 Å². The van der Waals surface area contributed by atoms with E-state index in [1.807, 2.05) is 41.3 Å². The summed E-state index contributed by atoms with van der Waals surface area (Å²) in [5.74, 6) is 0.185. The lowest BCUT2D eigenvalue weighted by atomic mass is 9.75. The molecule has 0 fully saturated rings. The molecule has 0 bridgehead atoms. The van der Waals surface area contributed by atoms with Crippen LogP contribution in [0.25, 0.3) is 0 Å². The van der Waals surface area contributed by atoms with E-state index in [1.54, 1.807) is 6.07 Å². The highest BCUT2D eigenvalue weighted by Gasteiger charge is 2.22. The molecule has 22 heavy (non-hydrogen) atoms. The Morgan fingerprint density at radius 2 is 1.95 bits per heavy atom. The fraction of sp³-hybridized carbons (Fsp3) is 0.562. The lowest BCUT2D eigenvalue weighted by molar-refractivity contribution is 0.0514. The molecule has 0 saturated carbocycles. The number of carbonyl (C=O) groups excluding carboxylic acids is 1. The van der Waals surface area contributed by atoms with Crippen molar-refractivity contribution in [2.24, 2.45) is 0 Å². The topological polar surface area (TPSA) is 67.8 Å². The van der Waals surface area contributed by atoms with Gasteiger partial charge in [0.25, 0.3) is 12.8 Å². The van der Waals surface area contributed by atoms with Crippen LogP contribution < -0.4 is 10.1 Å². The van der Waals surface area contributed by atoms with Gasteiger partial charge in [-0.1, -0.05) is 13.6 Å². The van der Waals surface area contributed by atoms with Crippen LogP contribution in [0.5, 0.6) is 11.5 Å². The first-order valence-electron chi connectivity index (χ1n) is 7.54. The van der Waals surface area contributed by atoms with Gasteiger partial charge in [-0.2, -0.15) is 0 Å². The van der Waals surface area contributed by atoms with E-state index in [4.69, 9.17) is 9.39 Å². The number of phenolic OH excluding ortho intramolecular Hbond substituents is 1. The molecule has 0 radical (unpaired) electrons. The standard InChI is InChI=1S/C16H26BNO4/c1-11(2)18-15(20)12-7-13(19)9-14(8-12)22-16(3,4)10-21-17(5)6/h7-9,11,19H,10H2,1-6H3,(H,18,20). The van der Waals surface area contributed by atoms with Gasteiger partial charge in [0.1, 0.15) is 17.1 Å². The number of hydrogen-bond acceptors (Lipinski definition) is 4. The molecule has 0 heterocycles. The molecule has 0 unspecified atom stereocenters. The fourth-order valence-electron chi connectivity index (χ4n) is 1.83. The number of rotatable bonds is 7. The minimum absolute atomic E-state index is 0.00742. The Morgan fingerprint density at radius 1 is 1.32 bits per heavy atom. The number of nitrogens with one attached hydrogen (secondary N) is 1. The predicted molar refractivity (Wildman–Crippen MR) is 88.9 cm³/mol. The smallest absolute Gasteiger partial charge is 0.287 e. The van der Waals surface area contributed by atoms with Crippen LogP contribution in [0.4, 0.5) is 0 Å². The molecule has 0 aromatic heterocycles. The van der Waals surface area contributed by atoms with Crippen molar-refractivity contribution in [1.29, 1.82) is 0 Å². The fourth-order valence-corrected chi connectivity index (χ4v) is 1.83. The molecular weight excluding hydrogens is 281 g/mol. The molecular formula is C16H26BNO4. The molecule has 1 aromatic rings. The third-order valence-corrected chi connectivity index (χ3v) is 2.73. The third kappa shape index (κ3) is 6.39. The number of aromatic hydroxyl groups is 1. The number of carbonyl (C=O) groups is 1. The Hall–Kier alpha value is -1.69. The van der Waals surface area contributed by atoms with Crippen molar-refractivity contribution in [2.45, 2.75) is 53.0 Å². The second-order valence-electron chi connectivity index (χ2n) is 6.57. The first-order chi connectivity index (χ1) is 10.1. The molecule has 1 amide bonds. The quantitative estimate of drug-likeness (QED) is 0.760. The summed E-state index contributed by atoms with van der Waals surface area (Å²) in [6.07, 6.45) is 0. The highest BCUT2D eigenvalue weighted by atomic mass is 16.5. The zero-order valence-electron chi connectivity index (χ0n) is 14.3. The van der Waals surface area contributed by atoms with Gasteiger partial charge < -0.3 is 19.8 Å². The van der Waals surface area contributed by atoms with E-state index in [9.17, 15) is 9.90 Å². The van der Waals surface area contributed by atoms with Gasteiger partial charge in [0.15, 0.2) is 0 Å². The van der Waals surface area contributed by atoms with Crippen LogP contribution in [0.2, 0.25) is 13.6 Å². The average Bonchev–Trinajstić information content (AvgIpc) is 2.34. The average molecular weight is 307 g/mol. The maximum absolute atomic E-state index is 12.0. The van der Waals surface area contributed by atoms with Crippen LogP contribution in [0, 0.1) is 0 Å². The van der Waals surface area contributed by atoms with Gasteiger partial charge in [0.2, 0.25) is 0 Å². The zero-order chi connectivity index (χ0) is 16.9. The van der Waals surface area contributed by atoms with E-state index in [1.165, 1.54) is 12.1 Å². The van der Waals surface area contributed by atoms with Gasteiger partial charge in [0.05, 0.1) is 6.61 Å². The summed E-state index contributed by atoms with van der Waals surface area (Å²) < 4.78 is 11.4. The van der Waals surface area contributed by atoms with Crippen molar-refractivity contribution in [2.75, 3.05) is 6.61 Å². The SMILES string of the molecule is CB(C)OCC(C)(C)Oc1cc(O)cc(C(=O)NC(C)C)c1. The molecule has 122 valence electrons. The predicted octanol–water partition coefficient (Wildman–Crippen LogP) is 2.96. The molecule has 6 heteroatoms. The van der Waals surface area contributed by atoms with Gasteiger partial charge in [0, 0.05) is 17.7 Å². The van der Waals surface area contributed by atoms with E-state index in [2.05, 4.69) is 5.32 Å². The van der Waals surface area contributed by atoms with Gasteiger partial charge in [-0.3, -0.25) is 4.79 Å². The molecule has 5 nitrogen and oxygen atoms in total. The Bertz CT molecular complexity index is 515. The first-order valence-corrected chi connectivity index (χ1v) is 7.54. The van der Waals surface area contributed by atoms with E-state index >= 15 is 0 Å². The third-order valence-electron chi connectivity index (χ3n) is 2.73. The summed E-state index contributed by atoms with van der Waals surface area (Å²) in [7, 11) is 0. The molecule has 1 rings (SSSR count). The van der Waals surface area contributed by atoms with Crippen molar-refractivity contribution in [3.63, 3.8) is 0 Å². The second kappa shape index (κ2) is 7.54. The summed E-state index contributed by atoms with van der Waals surface area (Å²) in [6, 6.07) is 4.55. The summed E-state index contributed by atoms with van der Waals surface area (Å²) in [5, 5.41) is 12.6. The van der Waals surface area contributed by atoms with E-state index in [-0.39, 0.29) is 24.6 Å². The Kier molecular flexibility index (Phi) is 6.29. The van der Waals surface area contributed by atoms with Crippen LogP contribution in [0.1, 0.15) is 38.1 Å². The van der Waals surface area contributed by atoms with Crippen molar-refractivity contribution >= 4 is 12.8 Å². The second-order valence-corrected chi connectivity index (χ2v) is 6.57. The monoisotopic (exact) mass is 307 g/mol. The molecule has 2 N–H and O–H groups in total. The summed E-state index contributed by atoms with van der Waals surface area (Å²) in [6.45, 7) is 12.0. The number of phenols is 1. The van der Waals surface area contributed by atoms with Crippen LogP contribution in [0.3, 0.4) is 0 Å². The highest BCUT2D eigenvalue weighted by molar-refractivity contribution is 6.48.